The monoisotopic (exact) mass is 328 g/mol. The fourth-order valence-corrected chi connectivity index (χ4v) is 2.01. The fourth-order valence-electron chi connectivity index (χ4n) is 0.744. The molecule has 2 amide bonds. The van der Waals surface area contributed by atoms with Gasteiger partial charge in [0, 0.05) is 28.2 Å². The van der Waals surface area contributed by atoms with Crippen molar-refractivity contribution in [2.24, 2.45) is 0 Å². The van der Waals surface area contributed by atoms with E-state index in [2.05, 4.69) is 31.9 Å². The van der Waals surface area contributed by atoms with Crippen molar-refractivity contribution in [3.8, 4) is 0 Å². The highest BCUT2D eigenvalue weighted by Crippen LogP contribution is 2.17. The van der Waals surface area contributed by atoms with Gasteiger partial charge in [0.15, 0.2) is 0 Å². The van der Waals surface area contributed by atoms with E-state index in [9.17, 15) is 9.59 Å². The molecular weight excluding hydrogens is 316 g/mol. The molecule has 0 aliphatic heterocycles. The van der Waals surface area contributed by atoms with E-state index in [1.807, 2.05) is 0 Å². The number of amides is 2. The van der Waals surface area contributed by atoms with Crippen LogP contribution in [0.1, 0.15) is 0 Å². The minimum atomic E-state index is -0.535. The van der Waals surface area contributed by atoms with Crippen molar-refractivity contribution in [2.75, 3.05) is 28.2 Å². The van der Waals surface area contributed by atoms with Gasteiger partial charge >= 0.3 is 0 Å². The van der Waals surface area contributed by atoms with E-state index in [1.165, 1.54) is 9.80 Å². The van der Waals surface area contributed by atoms with Crippen molar-refractivity contribution >= 4 is 43.7 Å². The molecule has 82 valence electrons. The molecule has 0 aromatic heterocycles. The minimum absolute atomic E-state index is 0.137. The SMILES string of the molecule is CN(C)C(=O)[C@H](Br)[C@@H](Br)C(=O)N(C)C. The second kappa shape index (κ2) is 5.70. The van der Waals surface area contributed by atoms with Crippen LogP contribution in [0.4, 0.5) is 0 Å². The van der Waals surface area contributed by atoms with Crippen molar-refractivity contribution in [1.82, 2.24) is 9.80 Å². The molecule has 0 aliphatic rings. The lowest BCUT2D eigenvalue weighted by molar-refractivity contribution is -0.133. The van der Waals surface area contributed by atoms with Crippen LogP contribution < -0.4 is 0 Å². The topological polar surface area (TPSA) is 40.6 Å². The Morgan fingerprint density at radius 1 is 0.857 bits per heavy atom. The first-order valence-electron chi connectivity index (χ1n) is 3.99. The van der Waals surface area contributed by atoms with Crippen LogP contribution in [-0.2, 0) is 9.59 Å². The average Bonchev–Trinajstić information content (AvgIpc) is 2.12. The van der Waals surface area contributed by atoms with Crippen LogP contribution in [0.2, 0.25) is 0 Å². The number of hydrogen-bond donors (Lipinski definition) is 0. The highest BCUT2D eigenvalue weighted by molar-refractivity contribution is 9.12. The summed E-state index contributed by atoms with van der Waals surface area (Å²) in [6, 6.07) is 0. The summed E-state index contributed by atoms with van der Waals surface area (Å²) < 4.78 is 0. The van der Waals surface area contributed by atoms with Crippen LogP contribution in [-0.4, -0.2) is 59.5 Å². The largest absolute Gasteiger partial charge is 0.348 e. The number of alkyl halides is 2. The number of halogens is 2. The Morgan fingerprint density at radius 3 is 1.21 bits per heavy atom. The lowest BCUT2D eigenvalue weighted by Crippen LogP contribution is -2.42. The quantitative estimate of drug-likeness (QED) is 0.715. The molecule has 0 radical (unpaired) electrons. The minimum Gasteiger partial charge on any atom is -0.348 e. The van der Waals surface area contributed by atoms with E-state index in [0.29, 0.717) is 0 Å². The van der Waals surface area contributed by atoms with Gasteiger partial charge in [-0.15, -0.1) is 0 Å². The molecule has 0 fully saturated rings. The third-order valence-electron chi connectivity index (χ3n) is 1.61. The van der Waals surface area contributed by atoms with E-state index >= 15 is 0 Å². The van der Waals surface area contributed by atoms with Crippen LogP contribution in [0.15, 0.2) is 0 Å². The van der Waals surface area contributed by atoms with Gasteiger partial charge in [0.2, 0.25) is 11.8 Å². The van der Waals surface area contributed by atoms with Crippen molar-refractivity contribution in [2.45, 2.75) is 9.65 Å². The molecule has 0 rings (SSSR count). The van der Waals surface area contributed by atoms with E-state index < -0.39 is 9.65 Å². The summed E-state index contributed by atoms with van der Waals surface area (Å²) in [6.07, 6.45) is 0. The zero-order valence-corrected chi connectivity index (χ0v) is 11.8. The lowest BCUT2D eigenvalue weighted by Gasteiger charge is -2.21. The third-order valence-corrected chi connectivity index (χ3v) is 4.16. The Hall–Kier alpha value is -0.100. The van der Waals surface area contributed by atoms with Gasteiger partial charge in [-0.1, -0.05) is 31.9 Å². The smallest absolute Gasteiger partial charge is 0.237 e. The lowest BCUT2D eigenvalue weighted by atomic mass is 10.2. The molecule has 2 atom stereocenters. The van der Waals surface area contributed by atoms with Crippen LogP contribution in [0.25, 0.3) is 0 Å². The Kier molecular flexibility index (Phi) is 5.66. The number of carbonyl (C=O) groups is 2. The molecule has 0 saturated heterocycles. The summed E-state index contributed by atoms with van der Waals surface area (Å²) in [7, 11) is 6.60. The van der Waals surface area contributed by atoms with E-state index in [0.717, 1.165) is 0 Å². The molecule has 0 aromatic rings. The zero-order chi connectivity index (χ0) is 11.5. The van der Waals surface area contributed by atoms with Gasteiger partial charge < -0.3 is 9.80 Å². The summed E-state index contributed by atoms with van der Waals surface area (Å²) >= 11 is 6.39. The first-order chi connectivity index (χ1) is 6.29. The van der Waals surface area contributed by atoms with Crippen LogP contribution in [0.5, 0.6) is 0 Å². The summed E-state index contributed by atoms with van der Waals surface area (Å²) in [5.41, 5.74) is 0. The average molecular weight is 330 g/mol. The summed E-state index contributed by atoms with van der Waals surface area (Å²) in [6.45, 7) is 0. The molecule has 14 heavy (non-hydrogen) atoms. The highest BCUT2D eigenvalue weighted by Gasteiger charge is 2.31. The Balaban J connectivity index is 4.46. The Bertz CT molecular complexity index is 207. The molecule has 0 saturated carbocycles. The normalized spacial score (nSPS) is 14.4. The molecule has 6 heteroatoms. The molecule has 0 heterocycles. The standard InChI is InChI=1S/C8H14Br2N2O2/c1-11(2)7(13)5(9)6(10)8(14)12(3)4/h5-6H,1-4H3/t5-,6-/m1/s1. The number of rotatable bonds is 3. The van der Waals surface area contributed by atoms with Crippen LogP contribution in [0, 0.1) is 0 Å². The van der Waals surface area contributed by atoms with Gasteiger partial charge in [-0.2, -0.15) is 0 Å². The predicted molar refractivity (Wildman–Crippen MR) is 62.8 cm³/mol. The third kappa shape index (κ3) is 3.57. The second-order valence-corrected chi connectivity index (χ2v) is 5.24. The molecule has 4 nitrogen and oxygen atoms in total. The highest BCUT2D eigenvalue weighted by atomic mass is 79.9. The fraction of sp³-hybridized carbons (Fsp3) is 0.750. The maximum absolute atomic E-state index is 11.5. The summed E-state index contributed by atoms with van der Waals surface area (Å²) in [5.74, 6) is -0.274. The summed E-state index contributed by atoms with van der Waals surface area (Å²) in [4.78, 5) is 24.8. The van der Waals surface area contributed by atoms with Crippen LogP contribution >= 0.6 is 31.9 Å². The van der Waals surface area contributed by atoms with Crippen LogP contribution in [0.3, 0.4) is 0 Å². The van der Waals surface area contributed by atoms with Gasteiger partial charge in [-0.05, 0) is 0 Å². The molecule has 0 bridgehead atoms. The predicted octanol–water partition coefficient (Wildman–Crippen LogP) is 0.690. The molecule has 0 aromatic carbocycles. The molecule has 0 unspecified atom stereocenters. The first-order valence-corrected chi connectivity index (χ1v) is 5.82. The maximum Gasteiger partial charge on any atom is 0.237 e. The number of carbonyl (C=O) groups excluding carboxylic acids is 2. The Morgan fingerprint density at radius 2 is 1.07 bits per heavy atom. The Labute approximate surface area is 101 Å². The van der Waals surface area contributed by atoms with Gasteiger partial charge in [-0.3, -0.25) is 9.59 Å². The van der Waals surface area contributed by atoms with Gasteiger partial charge in [0.25, 0.3) is 0 Å². The van der Waals surface area contributed by atoms with Crippen molar-refractivity contribution < 1.29 is 9.59 Å². The number of nitrogens with zero attached hydrogens (tertiary/aromatic N) is 2. The van der Waals surface area contributed by atoms with E-state index in [1.54, 1.807) is 28.2 Å². The van der Waals surface area contributed by atoms with E-state index in [-0.39, 0.29) is 11.8 Å². The van der Waals surface area contributed by atoms with E-state index in [4.69, 9.17) is 0 Å². The van der Waals surface area contributed by atoms with Crippen molar-refractivity contribution in [3.05, 3.63) is 0 Å². The second-order valence-electron chi connectivity index (χ2n) is 3.27. The van der Waals surface area contributed by atoms with Crippen molar-refractivity contribution in [1.29, 1.82) is 0 Å². The number of hydrogen-bond acceptors (Lipinski definition) is 2. The molecule has 0 spiro atoms. The maximum atomic E-state index is 11.5. The van der Waals surface area contributed by atoms with Crippen molar-refractivity contribution in [3.63, 3.8) is 0 Å². The molecule has 0 N–H and O–H groups in total. The van der Waals surface area contributed by atoms with Gasteiger partial charge in [0.05, 0.1) is 0 Å². The molecule has 0 aliphatic carbocycles. The zero-order valence-electron chi connectivity index (χ0n) is 8.62. The summed E-state index contributed by atoms with van der Waals surface area (Å²) in [5, 5.41) is 0. The van der Waals surface area contributed by atoms with Gasteiger partial charge in [0.1, 0.15) is 9.65 Å². The van der Waals surface area contributed by atoms with Gasteiger partial charge in [-0.25, -0.2) is 0 Å². The first kappa shape index (κ1) is 13.9. The molecular formula is C8H14Br2N2O2.